The highest BCUT2D eigenvalue weighted by molar-refractivity contribution is 7.90. The summed E-state index contributed by atoms with van der Waals surface area (Å²) in [6.07, 6.45) is 1.36. The molecule has 0 aliphatic heterocycles. The maximum Gasteiger partial charge on any atom is 0.321 e. The van der Waals surface area contributed by atoms with E-state index in [1.165, 1.54) is 13.3 Å². The molecule has 128 valence electrons. The summed E-state index contributed by atoms with van der Waals surface area (Å²) in [5.74, 6) is -0.351. The molecule has 23 heavy (non-hydrogen) atoms. The van der Waals surface area contributed by atoms with Crippen molar-refractivity contribution in [1.82, 2.24) is 15.5 Å². The summed E-state index contributed by atoms with van der Waals surface area (Å²) in [7, 11) is 0.0994. The first-order valence-electron chi connectivity index (χ1n) is 7.17. The summed E-state index contributed by atoms with van der Waals surface area (Å²) < 4.78 is 22.9. The van der Waals surface area contributed by atoms with Crippen molar-refractivity contribution in [2.75, 3.05) is 26.9 Å². The fourth-order valence-corrected chi connectivity index (χ4v) is 2.60. The summed E-state index contributed by atoms with van der Waals surface area (Å²) in [6.45, 7) is 2.43. The summed E-state index contributed by atoms with van der Waals surface area (Å²) in [5, 5.41) is 4.52. The fraction of sp³-hybridized carbons (Fsp3) is 0.467. The zero-order valence-electron chi connectivity index (χ0n) is 13.8. The standard InChI is InChI=1S/C15H23N3O4S/c1-11(12-5-7-13(8-6-12)23(4,21)22)18(3)10-9-14(19)17-15(20)16-2/h5-8,11H,9-10H2,1-4H3,(H2,16,17,19,20). The number of sulfone groups is 1. The van der Waals surface area contributed by atoms with E-state index in [9.17, 15) is 18.0 Å². The minimum absolute atomic E-state index is 0.0106. The SMILES string of the molecule is CNC(=O)NC(=O)CCN(C)C(C)c1ccc(S(C)(=O)=O)cc1. The van der Waals surface area contributed by atoms with Crippen molar-refractivity contribution in [3.05, 3.63) is 29.8 Å². The number of nitrogens with zero attached hydrogens (tertiary/aromatic N) is 1. The predicted octanol–water partition coefficient (Wildman–Crippen LogP) is 0.929. The van der Waals surface area contributed by atoms with Gasteiger partial charge < -0.3 is 5.32 Å². The second kappa shape index (κ2) is 8.07. The van der Waals surface area contributed by atoms with Crippen molar-refractivity contribution in [2.24, 2.45) is 0 Å². The van der Waals surface area contributed by atoms with Crippen molar-refractivity contribution >= 4 is 21.8 Å². The first kappa shape index (κ1) is 19.1. The van der Waals surface area contributed by atoms with Gasteiger partial charge in [0.1, 0.15) is 0 Å². The van der Waals surface area contributed by atoms with E-state index in [-0.39, 0.29) is 23.3 Å². The van der Waals surface area contributed by atoms with Gasteiger partial charge in [-0.05, 0) is 31.7 Å². The molecule has 0 fully saturated rings. The van der Waals surface area contributed by atoms with Gasteiger partial charge in [0.05, 0.1) is 4.90 Å². The average molecular weight is 341 g/mol. The summed E-state index contributed by atoms with van der Waals surface area (Å²) in [6, 6.07) is 6.17. The van der Waals surface area contributed by atoms with Gasteiger partial charge in [-0.3, -0.25) is 15.0 Å². The van der Waals surface area contributed by atoms with Gasteiger partial charge in [0, 0.05) is 32.3 Å². The van der Waals surface area contributed by atoms with E-state index >= 15 is 0 Å². The van der Waals surface area contributed by atoms with E-state index in [4.69, 9.17) is 0 Å². The second-order valence-electron chi connectivity index (χ2n) is 5.38. The Bertz CT molecular complexity index is 656. The molecule has 0 radical (unpaired) electrons. The topological polar surface area (TPSA) is 95.6 Å². The lowest BCUT2D eigenvalue weighted by molar-refractivity contribution is -0.120. The molecule has 0 spiro atoms. The Labute approximate surface area is 137 Å². The van der Waals surface area contributed by atoms with Crippen LogP contribution < -0.4 is 10.6 Å². The van der Waals surface area contributed by atoms with Crippen LogP contribution in [0.2, 0.25) is 0 Å². The molecule has 1 unspecified atom stereocenters. The van der Waals surface area contributed by atoms with Crippen LogP contribution in [0.25, 0.3) is 0 Å². The first-order valence-corrected chi connectivity index (χ1v) is 9.06. The van der Waals surface area contributed by atoms with E-state index in [0.29, 0.717) is 6.54 Å². The molecule has 3 amide bonds. The molecule has 0 aliphatic carbocycles. The Balaban J connectivity index is 2.61. The summed E-state index contributed by atoms with van der Waals surface area (Å²) in [4.78, 5) is 24.8. The Morgan fingerprint density at radius 3 is 2.26 bits per heavy atom. The Morgan fingerprint density at radius 1 is 1.22 bits per heavy atom. The molecule has 0 saturated carbocycles. The molecule has 0 aromatic heterocycles. The molecule has 0 saturated heterocycles. The maximum atomic E-state index is 11.6. The molecule has 1 aromatic carbocycles. The van der Waals surface area contributed by atoms with Crippen molar-refractivity contribution in [3.8, 4) is 0 Å². The van der Waals surface area contributed by atoms with Crippen LogP contribution in [0, 0.1) is 0 Å². The Kier molecular flexibility index (Phi) is 6.71. The van der Waals surface area contributed by atoms with Crippen molar-refractivity contribution in [2.45, 2.75) is 24.3 Å². The number of nitrogens with one attached hydrogen (secondary N) is 2. The normalized spacial score (nSPS) is 12.7. The number of rotatable bonds is 6. The van der Waals surface area contributed by atoms with Gasteiger partial charge in [-0.25, -0.2) is 13.2 Å². The van der Waals surface area contributed by atoms with Gasteiger partial charge in [-0.15, -0.1) is 0 Å². The molecular weight excluding hydrogens is 318 g/mol. The van der Waals surface area contributed by atoms with Crippen LogP contribution in [0.15, 0.2) is 29.2 Å². The summed E-state index contributed by atoms with van der Waals surface area (Å²) >= 11 is 0. The van der Waals surface area contributed by atoms with Crippen LogP contribution in [0.1, 0.15) is 24.9 Å². The molecule has 0 heterocycles. The van der Waals surface area contributed by atoms with E-state index < -0.39 is 15.9 Å². The molecule has 0 bridgehead atoms. The van der Waals surface area contributed by atoms with Gasteiger partial charge >= 0.3 is 6.03 Å². The number of carbonyl (C=O) groups is 2. The predicted molar refractivity (Wildman–Crippen MR) is 87.8 cm³/mol. The molecule has 7 nitrogen and oxygen atoms in total. The van der Waals surface area contributed by atoms with Crippen molar-refractivity contribution in [1.29, 1.82) is 0 Å². The molecule has 1 aromatic rings. The largest absolute Gasteiger partial charge is 0.341 e. The lowest BCUT2D eigenvalue weighted by atomic mass is 10.1. The molecule has 1 atom stereocenters. The molecule has 0 aliphatic rings. The number of amides is 3. The fourth-order valence-electron chi connectivity index (χ4n) is 1.97. The first-order chi connectivity index (χ1) is 10.6. The number of hydrogen-bond acceptors (Lipinski definition) is 5. The minimum atomic E-state index is -3.21. The van der Waals surface area contributed by atoms with Crippen molar-refractivity contribution < 1.29 is 18.0 Å². The third-order valence-electron chi connectivity index (χ3n) is 3.62. The van der Waals surface area contributed by atoms with E-state index in [1.54, 1.807) is 24.3 Å². The van der Waals surface area contributed by atoms with Gasteiger partial charge in [0.25, 0.3) is 0 Å². The van der Waals surface area contributed by atoms with E-state index in [0.717, 1.165) is 5.56 Å². The van der Waals surface area contributed by atoms with Crippen LogP contribution in [0.3, 0.4) is 0 Å². The van der Waals surface area contributed by atoms with Gasteiger partial charge in [-0.1, -0.05) is 12.1 Å². The van der Waals surface area contributed by atoms with Crippen molar-refractivity contribution in [3.63, 3.8) is 0 Å². The smallest absolute Gasteiger partial charge is 0.321 e. The molecule has 2 N–H and O–H groups in total. The van der Waals surface area contributed by atoms with Gasteiger partial charge in [0.15, 0.2) is 9.84 Å². The highest BCUT2D eigenvalue weighted by atomic mass is 32.2. The quantitative estimate of drug-likeness (QED) is 0.802. The monoisotopic (exact) mass is 341 g/mol. The maximum absolute atomic E-state index is 11.6. The Hall–Kier alpha value is -1.93. The summed E-state index contributed by atoms with van der Waals surface area (Å²) in [5.41, 5.74) is 0.951. The minimum Gasteiger partial charge on any atom is -0.341 e. The van der Waals surface area contributed by atoms with Crippen LogP contribution in [0.4, 0.5) is 4.79 Å². The zero-order chi connectivity index (χ0) is 17.6. The highest BCUT2D eigenvalue weighted by Crippen LogP contribution is 2.20. The zero-order valence-corrected chi connectivity index (χ0v) is 14.6. The number of carbonyl (C=O) groups excluding carboxylic acids is 2. The number of urea groups is 1. The number of imide groups is 1. The van der Waals surface area contributed by atoms with E-state index in [2.05, 4.69) is 10.6 Å². The van der Waals surface area contributed by atoms with Gasteiger partial charge in [0.2, 0.25) is 5.91 Å². The van der Waals surface area contributed by atoms with Crippen LogP contribution in [0.5, 0.6) is 0 Å². The number of benzene rings is 1. The molecular formula is C15H23N3O4S. The highest BCUT2D eigenvalue weighted by Gasteiger charge is 2.15. The molecule has 8 heteroatoms. The van der Waals surface area contributed by atoms with Crippen LogP contribution in [-0.4, -0.2) is 52.2 Å². The lowest BCUT2D eigenvalue weighted by Gasteiger charge is -2.25. The third-order valence-corrected chi connectivity index (χ3v) is 4.75. The van der Waals surface area contributed by atoms with Crippen LogP contribution >= 0.6 is 0 Å². The average Bonchev–Trinajstić information content (AvgIpc) is 2.51. The van der Waals surface area contributed by atoms with Crippen LogP contribution in [-0.2, 0) is 14.6 Å². The van der Waals surface area contributed by atoms with E-state index in [1.807, 2.05) is 18.9 Å². The third kappa shape index (κ3) is 5.99. The number of hydrogen-bond donors (Lipinski definition) is 2. The second-order valence-corrected chi connectivity index (χ2v) is 7.39. The lowest BCUT2D eigenvalue weighted by Crippen LogP contribution is -2.39. The molecule has 1 rings (SSSR count). The Morgan fingerprint density at radius 2 is 1.78 bits per heavy atom. The van der Waals surface area contributed by atoms with Gasteiger partial charge in [-0.2, -0.15) is 0 Å².